The third-order valence-corrected chi connectivity index (χ3v) is 2.96. The highest BCUT2D eigenvalue weighted by Crippen LogP contribution is 2.09. The summed E-state index contributed by atoms with van der Waals surface area (Å²) < 4.78 is 12.9. The number of carbonyl (C=O) groups excluding carboxylic acids is 2. The zero-order chi connectivity index (χ0) is 13.8. The lowest BCUT2D eigenvalue weighted by Gasteiger charge is -2.10. The van der Waals surface area contributed by atoms with E-state index in [1.54, 1.807) is 0 Å². The van der Waals surface area contributed by atoms with E-state index in [0.717, 1.165) is 0 Å². The molecule has 0 bridgehead atoms. The van der Waals surface area contributed by atoms with E-state index in [1.165, 1.54) is 18.3 Å². The molecule has 6 nitrogen and oxygen atoms in total. The molecule has 2 amide bonds. The Morgan fingerprint density at radius 1 is 1.53 bits per heavy atom. The number of nitrogens with two attached hydrogens (primary N) is 1. The van der Waals surface area contributed by atoms with Crippen molar-refractivity contribution in [3.63, 3.8) is 0 Å². The van der Waals surface area contributed by atoms with Crippen LogP contribution < -0.4 is 16.4 Å². The third kappa shape index (κ3) is 3.47. The number of nitrogens with one attached hydrogen (secondary N) is 2. The summed E-state index contributed by atoms with van der Waals surface area (Å²) in [6, 6.07) is 2.81. The molecule has 4 N–H and O–H groups in total. The number of pyridine rings is 1. The predicted molar refractivity (Wildman–Crippen MR) is 66.4 cm³/mol. The molecule has 1 aromatic heterocycles. The molecule has 2 heterocycles. The second kappa shape index (κ2) is 5.75. The summed E-state index contributed by atoms with van der Waals surface area (Å²) in [4.78, 5) is 26.5. The van der Waals surface area contributed by atoms with E-state index in [1.807, 2.05) is 0 Å². The van der Waals surface area contributed by atoms with Gasteiger partial charge in [-0.3, -0.25) is 14.6 Å². The molecule has 7 heteroatoms. The van der Waals surface area contributed by atoms with E-state index in [0.29, 0.717) is 19.5 Å². The zero-order valence-electron chi connectivity index (χ0n) is 10.2. The largest absolute Gasteiger partial charge is 0.366 e. The van der Waals surface area contributed by atoms with Gasteiger partial charge in [0.25, 0.3) is 5.91 Å². The van der Waals surface area contributed by atoms with Crippen LogP contribution in [0.4, 0.5) is 4.39 Å². The van der Waals surface area contributed by atoms with Crippen LogP contribution in [0.1, 0.15) is 27.3 Å². The highest BCUT2D eigenvalue weighted by atomic mass is 19.1. The van der Waals surface area contributed by atoms with Crippen molar-refractivity contribution in [2.75, 3.05) is 13.1 Å². The highest BCUT2D eigenvalue weighted by Gasteiger charge is 2.23. The van der Waals surface area contributed by atoms with E-state index in [2.05, 4.69) is 15.6 Å². The number of rotatable bonds is 4. The minimum absolute atomic E-state index is 0.0520. The van der Waals surface area contributed by atoms with Crippen LogP contribution in [0.25, 0.3) is 0 Å². The van der Waals surface area contributed by atoms with Crippen molar-refractivity contribution in [2.45, 2.75) is 18.6 Å². The monoisotopic (exact) mass is 266 g/mol. The topological polar surface area (TPSA) is 97.1 Å². The number of hydrogen-bond donors (Lipinski definition) is 3. The van der Waals surface area contributed by atoms with Crippen molar-refractivity contribution >= 4 is 11.8 Å². The van der Waals surface area contributed by atoms with Gasteiger partial charge in [0, 0.05) is 25.3 Å². The van der Waals surface area contributed by atoms with Gasteiger partial charge in [-0.1, -0.05) is 0 Å². The summed E-state index contributed by atoms with van der Waals surface area (Å²) in [6.07, 6.45) is 0.798. The first-order chi connectivity index (χ1) is 9.06. The Morgan fingerprint density at radius 3 is 2.84 bits per heavy atom. The van der Waals surface area contributed by atoms with Gasteiger partial charge in [-0.15, -0.1) is 0 Å². The fourth-order valence-electron chi connectivity index (χ4n) is 1.91. The van der Waals surface area contributed by atoms with Crippen LogP contribution in [-0.2, 0) is 0 Å². The minimum Gasteiger partial charge on any atom is -0.366 e. The van der Waals surface area contributed by atoms with Gasteiger partial charge in [0.2, 0.25) is 5.91 Å². The second-order valence-corrected chi connectivity index (χ2v) is 4.44. The molecule has 19 heavy (non-hydrogen) atoms. The lowest BCUT2D eigenvalue weighted by atomic mass is 10.2. The predicted octanol–water partition coefficient (Wildman–Crippen LogP) is -0.390. The Balaban J connectivity index is 1.87. The van der Waals surface area contributed by atoms with Gasteiger partial charge in [0.05, 0.1) is 5.56 Å². The molecule has 0 radical (unpaired) electrons. The van der Waals surface area contributed by atoms with E-state index in [9.17, 15) is 14.0 Å². The molecule has 0 aromatic carbocycles. The number of aromatic nitrogens is 1. The lowest BCUT2D eigenvalue weighted by Crippen LogP contribution is -2.37. The summed E-state index contributed by atoms with van der Waals surface area (Å²) >= 11 is 0. The van der Waals surface area contributed by atoms with Crippen LogP contribution in [0.2, 0.25) is 0 Å². The summed E-state index contributed by atoms with van der Waals surface area (Å²) in [5.74, 6) is -0.955. The molecule has 0 aliphatic carbocycles. The van der Waals surface area contributed by atoms with Gasteiger partial charge in [0.1, 0.15) is 11.9 Å². The zero-order valence-corrected chi connectivity index (χ0v) is 10.2. The minimum atomic E-state index is -0.852. The maximum absolute atomic E-state index is 12.9. The summed E-state index contributed by atoms with van der Waals surface area (Å²) in [5.41, 5.74) is 5.51. The van der Waals surface area contributed by atoms with E-state index in [4.69, 9.17) is 5.73 Å². The van der Waals surface area contributed by atoms with E-state index in [-0.39, 0.29) is 23.2 Å². The standard InChI is InChI=1S/C12H15FN4O2/c13-8-3-9(15-5-8)6-17-12(19)10-2-1-7(4-16-10)11(14)18/h1-2,4,8-9,15H,3,5-6H2,(H2,14,18)(H,17,19)/t8-,9-/m0/s1. The van der Waals surface area contributed by atoms with Crippen LogP contribution in [0, 0.1) is 0 Å². The Hall–Kier alpha value is -2.02. The van der Waals surface area contributed by atoms with Crippen LogP contribution in [0.5, 0.6) is 0 Å². The number of hydrogen-bond acceptors (Lipinski definition) is 4. The SMILES string of the molecule is NC(=O)c1ccc(C(=O)NC[C@@H]2C[C@H](F)CN2)nc1. The average molecular weight is 266 g/mol. The van der Waals surface area contributed by atoms with E-state index < -0.39 is 12.1 Å². The van der Waals surface area contributed by atoms with Gasteiger partial charge in [-0.2, -0.15) is 0 Å². The molecule has 1 fully saturated rings. The first-order valence-electron chi connectivity index (χ1n) is 5.98. The number of nitrogens with zero attached hydrogens (tertiary/aromatic N) is 1. The average Bonchev–Trinajstić information content (AvgIpc) is 2.82. The number of alkyl halides is 1. The first-order valence-corrected chi connectivity index (χ1v) is 5.98. The van der Waals surface area contributed by atoms with Gasteiger partial charge < -0.3 is 16.4 Å². The molecule has 1 aliphatic heterocycles. The highest BCUT2D eigenvalue weighted by molar-refractivity contribution is 5.95. The third-order valence-electron chi connectivity index (χ3n) is 2.96. The van der Waals surface area contributed by atoms with Crippen molar-refractivity contribution in [2.24, 2.45) is 5.73 Å². The molecule has 102 valence electrons. The van der Waals surface area contributed by atoms with Crippen LogP contribution in [0.15, 0.2) is 18.3 Å². The van der Waals surface area contributed by atoms with Crippen molar-refractivity contribution in [3.8, 4) is 0 Å². The molecular weight excluding hydrogens is 251 g/mol. The first kappa shape index (κ1) is 13.4. The molecule has 1 aliphatic rings. The molecular formula is C12H15FN4O2. The normalized spacial score (nSPS) is 22.2. The lowest BCUT2D eigenvalue weighted by molar-refractivity contribution is 0.0942. The van der Waals surface area contributed by atoms with E-state index >= 15 is 0 Å². The van der Waals surface area contributed by atoms with Crippen molar-refractivity contribution in [1.29, 1.82) is 0 Å². The number of primary amides is 1. The van der Waals surface area contributed by atoms with Gasteiger partial charge in [-0.25, -0.2) is 4.39 Å². The number of carbonyl (C=O) groups is 2. The Kier molecular flexibility index (Phi) is 4.06. The fourth-order valence-corrected chi connectivity index (χ4v) is 1.91. The van der Waals surface area contributed by atoms with Crippen molar-refractivity contribution in [3.05, 3.63) is 29.6 Å². The summed E-state index contributed by atoms with van der Waals surface area (Å²) in [7, 11) is 0. The number of amides is 2. The Morgan fingerprint density at radius 2 is 2.32 bits per heavy atom. The summed E-state index contributed by atoms with van der Waals surface area (Å²) in [5, 5.41) is 5.63. The maximum Gasteiger partial charge on any atom is 0.269 e. The quantitative estimate of drug-likeness (QED) is 0.691. The number of halogens is 1. The second-order valence-electron chi connectivity index (χ2n) is 4.44. The molecule has 0 spiro atoms. The Bertz CT molecular complexity index is 477. The van der Waals surface area contributed by atoms with Crippen molar-refractivity contribution in [1.82, 2.24) is 15.6 Å². The van der Waals surface area contributed by atoms with Crippen LogP contribution in [0.3, 0.4) is 0 Å². The smallest absolute Gasteiger partial charge is 0.269 e. The fraction of sp³-hybridized carbons (Fsp3) is 0.417. The molecule has 0 unspecified atom stereocenters. The molecule has 1 aromatic rings. The summed E-state index contributed by atoms with van der Waals surface area (Å²) in [6.45, 7) is 0.671. The van der Waals surface area contributed by atoms with Gasteiger partial charge in [-0.05, 0) is 18.6 Å². The van der Waals surface area contributed by atoms with Crippen LogP contribution >= 0.6 is 0 Å². The van der Waals surface area contributed by atoms with Gasteiger partial charge >= 0.3 is 0 Å². The van der Waals surface area contributed by atoms with Crippen LogP contribution in [-0.4, -0.2) is 42.1 Å². The maximum atomic E-state index is 12.9. The molecule has 2 rings (SSSR count). The van der Waals surface area contributed by atoms with Gasteiger partial charge in [0.15, 0.2) is 0 Å². The molecule has 0 saturated carbocycles. The molecule has 2 atom stereocenters. The van der Waals surface area contributed by atoms with Crippen molar-refractivity contribution < 1.29 is 14.0 Å². The molecule has 1 saturated heterocycles. The Labute approximate surface area is 109 Å².